The van der Waals surface area contributed by atoms with Crippen LogP contribution in [0, 0.1) is 5.82 Å². The first-order valence-electron chi connectivity index (χ1n) is 10.6. The zero-order chi connectivity index (χ0) is 24.6. The van der Waals surface area contributed by atoms with Crippen LogP contribution in [0.15, 0.2) is 103 Å². The van der Waals surface area contributed by atoms with E-state index in [9.17, 15) is 12.8 Å². The molecule has 0 saturated carbocycles. The van der Waals surface area contributed by atoms with Gasteiger partial charge in [-0.25, -0.2) is 16.8 Å². The summed E-state index contributed by atoms with van der Waals surface area (Å²) in [5.74, 6) is 0.419. The molecule has 0 aliphatic rings. The van der Waals surface area contributed by atoms with E-state index in [0.717, 1.165) is 3.97 Å². The van der Waals surface area contributed by atoms with E-state index in [1.165, 1.54) is 24.4 Å². The van der Waals surface area contributed by atoms with Crippen molar-refractivity contribution in [2.45, 2.75) is 11.4 Å². The summed E-state index contributed by atoms with van der Waals surface area (Å²) >= 11 is 0. The van der Waals surface area contributed by atoms with Gasteiger partial charge in [0, 0.05) is 24.4 Å². The highest BCUT2D eigenvalue weighted by atomic mass is 32.2. The van der Waals surface area contributed by atoms with Crippen LogP contribution in [0.5, 0.6) is 5.75 Å². The van der Waals surface area contributed by atoms with Crippen LogP contribution in [0.4, 0.5) is 4.39 Å². The lowest BCUT2D eigenvalue weighted by Crippen LogP contribution is -2.14. The number of benzene rings is 2. The van der Waals surface area contributed by atoms with Gasteiger partial charge in [0.1, 0.15) is 30.5 Å². The average Bonchev–Trinajstić information content (AvgIpc) is 3.26. The second-order valence-electron chi connectivity index (χ2n) is 7.23. The molecule has 0 saturated heterocycles. The van der Waals surface area contributed by atoms with E-state index in [4.69, 9.17) is 9.47 Å². The summed E-state index contributed by atoms with van der Waals surface area (Å²) in [6, 6.07) is 13.9. The monoisotopic (exact) mass is 482 g/mol. The number of rotatable bonds is 12. The second-order valence-corrected chi connectivity index (χ2v) is 9.04. The molecule has 0 aliphatic heterocycles. The predicted molar refractivity (Wildman–Crippen MR) is 132 cm³/mol. The number of aromatic nitrogens is 1. The topological polar surface area (TPSA) is 69.6 Å². The lowest BCUT2D eigenvalue weighted by Gasteiger charge is -2.13. The van der Waals surface area contributed by atoms with E-state index in [0.29, 0.717) is 23.6 Å². The highest BCUT2D eigenvalue weighted by molar-refractivity contribution is 7.90. The lowest BCUT2D eigenvalue weighted by atomic mass is 10.1. The van der Waals surface area contributed by atoms with Gasteiger partial charge < -0.3 is 14.8 Å². The quantitative estimate of drug-likeness (QED) is 0.226. The average molecular weight is 483 g/mol. The van der Waals surface area contributed by atoms with E-state index in [1.54, 1.807) is 61.7 Å². The fraction of sp³-hybridized carbons (Fsp3) is 0.154. The molecule has 6 nitrogen and oxygen atoms in total. The largest absolute Gasteiger partial charge is 0.490 e. The first-order chi connectivity index (χ1) is 16.4. The van der Waals surface area contributed by atoms with Crippen LogP contribution in [0.25, 0.3) is 11.3 Å². The Labute approximate surface area is 199 Å². The van der Waals surface area contributed by atoms with E-state index < -0.39 is 15.8 Å². The molecule has 1 heterocycles. The Morgan fingerprint density at radius 3 is 2.62 bits per heavy atom. The minimum Gasteiger partial charge on any atom is -0.490 e. The Morgan fingerprint density at radius 2 is 1.91 bits per heavy atom. The SMILES string of the molecule is C=C/C=C(\C=C)OCCOc1cccc(S(=O)(=O)n2cc(CNC)cc2-c2ccccc2F)c1. The fourth-order valence-electron chi connectivity index (χ4n) is 3.31. The Kier molecular flexibility index (Phi) is 8.45. The molecule has 0 radical (unpaired) electrons. The van der Waals surface area contributed by atoms with Gasteiger partial charge in [0.05, 0.1) is 10.6 Å². The van der Waals surface area contributed by atoms with Gasteiger partial charge in [-0.1, -0.05) is 37.4 Å². The molecule has 1 N–H and O–H groups in total. The maximum absolute atomic E-state index is 14.5. The minimum atomic E-state index is -4.03. The van der Waals surface area contributed by atoms with Crippen molar-refractivity contribution in [3.8, 4) is 17.0 Å². The number of hydrogen-bond donors (Lipinski definition) is 1. The summed E-state index contributed by atoms with van der Waals surface area (Å²) in [5, 5.41) is 2.99. The minimum absolute atomic E-state index is 0.0217. The molecule has 0 fully saturated rings. The van der Waals surface area contributed by atoms with Gasteiger partial charge in [-0.2, -0.15) is 0 Å². The summed E-state index contributed by atoms with van der Waals surface area (Å²) in [4.78, 5) is 0.0217. The maximum Gasteiger partial charge on any atom is 0.268 e. The fourth-order valence-corrected chi connectivity index (χ4v) is 4.74. The molecule has 3 rings (SSSR count). The molecular formula is C26H27FN2O4S. The van der Waals surface area contributed by atoms with Crippen LogP contribution in [0.1, 0.15) is 5.56 Å². The summed E-state index contributed by atoms with van der Waals surface area (Å²) in [6.45, 7) is 8.13. The first-order valence-corrected chi connectivity index (χ1v) is 12.0. The first kappa shape index (κ1) is 25.0. The number of halogens is 1. The molecule has 0 atom stereocenters. The summed E-state index contributed by atoms with van der Waals surface area (Å²) in [6.07, 6.45) is 6.32. The van der Waals surface area contributed by atoms with Gasteiger partial charge in [-0.15, -0.1) is 0 Å². The van der Waals surface area contributed by atoms with Gasteiger partial charge in [0.15, 0.2) is 0 Å². The standard InChI is InChI=1S/C26H27FN2O4S/c1-4-9-21(5-2)32-14-15-33-22-10-8-11-23(17-22)34(30,31)29-19-20(18-28-3)16-26(29)24-12-6-7-13-25(24)27/h4-13,16-17,19,28H,1-2,14-15,18H2,3H3/b21-9+. The van der Waals surface area contributed by atoms with Gasteiger partial charge in [-0.3, -0.25) is 0 Å². The van der Waals surface area contributed by atoms with Crippen LogP contribution in [-0.2, 0) is 21.3 Å². The van der Waals surface area contributed by atoms with E-state index in [2.05, 4.69) is 18.5 Å². The van der Waals surface area contributed by atoms with Gasteiger partial charge in [-0.05, 0) is 55.1 Å². The zero-order valence-electron chi connectivity index (χ0n) is 18.9. The van der Waals surface area contributed by atoms with Crippen molar-refractivity contribution in [2.75, 3.05) is 20.3 Å². The Balaban J connectivity index is 1.88. The third-order valence-electron chi connectivity index (χ3n) is 4.84. The summed E-state index contributed by atoms with van der Waals surface area (Å²) in [5.41, 5.74) is 1.15. The van der Waals surface area contributed by atoms with Crippen LogP contribution in [0.2, 0.25) is 0 Å². The highest BCUT2D eigenvalue weighted by Crippen LogP contribution is 2.30. The molecule has 0 bridgehead atoms. The highest BCUT2D eigenvalue weighted by Gasteiger charge is 2.23. The van der Waals surface area contributed by atoms with Gasteiger partial charge in [0.25, 0.3) is 10.0 Å². The van der Waals surface area contributed by atoms with Crippen molar-refractivity contribution >= 4 is 10.0 Å². The third-order valence-corrected chi connectivity index (χ3v) is 6.51. The molecule has 178 valence electrons. The number of nitrogens with one attached hydrogen (secondary N) is 1. The number of allylic oxidation sites excluding steroid dienone is 3. The summed E-state index contributed by atoms with van der Waals surface area (Å²) < 4.78 is 53.9. The molecule has 1 aromatic heterocycles. The smallest absolute Gasteiger partial charge is 0.268 e. The number of ether oxygens (including phenoxy) is 2. The molecular weight excluding hydrogens is 455 g/mol. The Morgan fingerprint density at radius 1 is 1.12 bits per heavy atom. The van der Waals surface area contributed by atoms with Crippen molar-refractivity contribution in [2.24, 2.45) is 0 Å². The maximum atomic E-state index is 14.5. The summed E-state index contributed by atoms with van der Waals surface area (Å²) in [7, 11) is -2.28. The molecule has 0 aliphatic carbocycles. The van der Waals surface area contributed by atoms with E-state index in [-0.39, 0.29) is 29.4 Å². The van der Waals surface area contributed by atoms with Crippen LogP contribution >= 0.6 is 0 Å². The number of hydrogen-bond acceptors (Lipinski definition) is 5. The van der Waals surface area contributed by atoms with E-state index in [1.807, 2.05) is 0 Å². The van der Waals surface area contributed by atoms with Crippen molar-refractivity contribution in [1.29, 1.82) is 0 Å². The third kappa shape index (κ3) is 5.84. The van der Waals surface area contributed by atoms with Gasteiger partial charge >= 0.3 is 0 Å². The van der Waals surface area contributed by atoms with E-state index >= 15 is 0 Å². The number of nitrogens with zero attached hydrogens (tertiary/aromatic N) is 1. The molecule has 3 aromatic rings. The molecule has 2 aromatic carbocycles. The van der Waals surface area contributed by atoms with Crippen molar-refractivity contribution in [3.63, 3.8) is 0 Å². The normalized spacial score (nSPS) is 11.8. The molecule has 0 unspecified atom stereocenters. The molecule has 0 spiro atoms. The molecule has 34 heavy (non-hydrogen) atoms. The van der Waals surface area contributed by atoms with Crippen LogP contribution < -0.4 is 10.1 Å². The van der Waals surface area contributed by atoms with Gasteiger partial charge in [0.2, 0.25) is 0 Å². The predicted octanol–water partition coefficient (Wildman–Crippen LogP) is 4.90. The zero-order valence-corrected chi connectivity index (χ0v) is 19.7. The van der Waals surface area contributed by atoms with Crippen LogP contribution in [0.3, 0.4) is 0 Å². The van der Waals surface area contributed by atoms with Crippen molar-refractivity contribution in [1.82, 2.24) is 9.29 Å². The Bertz CT molecular complexity index is 1300. The lowest BCUT2D eigenvalue weighted by molar-refractivity contribution is 0.164. The van der Waals surface area contributed by atoms with Crippen molar-refractivity contribution < 1.29 is 22.3 Å². The molecule has 8 heteroatoms. The second kappa shape index (κ2) is 11.5. The van der Waals surface area contributed by atoms with Crippen molar-refractivity contribution in [3.05, 3.63) is 109 Å². The van der Waals surface area contributed by atoms with Crippen LogP contribution in [-0.4, -0.2) is 32.7 Å². The Hall–Kier alpha value is -3.62. The molecule has 0 amide bonds.